The van der Waals surface area contributed by atoms with Crippen LogP contribution in [-0.2, 0) is 0 Å². The number of carbonyl (C=O) groups is 1. The van der Waals surface area contributed by atoms with Crippen LogP contribution in [0.4, 0.5) is 5.82 Å². The number of anilines is 1. The number of rotatable bonds is 3. The fourth-order valence-corrected chi connectivity index (χ4v) is 3.67. The van der Waals surface area contributed by atoms with E-state index in [0.29, 0.717) is 5.56 Å². The minimum absolute atomic E-state index is 0.0523. The number of nitrogens with zero attached hydrogens (tertiary/aromatic N) is 4. The van der Waals surface area contributed by atoms with Crippen LogP contribution >= 0.6 is 0 Å². The first-order valence-corrected chi connectivity index (χ1v) is 9.01. The Kier molecular flexibility index (Phi) is 4.52. The van der Waals surface area contributed by atoms with Crippen LogP contribution in [0.15, 0.2) is 60.9 Å². The topological polar surface area (TPSA) is 49.3 Å². The van der Waals surface area contributed by atoms with E-state index >= 15 is 0 Å². The molecule has 0 saturated carbocycles. The van der Waals surface area contributed by atoms with Crippen molar-refractivity contribution in [2.24, 2.45) is 0 Å². The third kappa shape index (κ3) is 3.12. The summed E-state index contributed by atoms with van der Waals surface area (Å²) in [5, 5.41) is 0.907. The van der Waals surface area contributed by atoms with E-state index in [9.17, 15) is 4.79 Å². The van der Waals surface area contributed by atoms with Crippen molar-refractivity contribution in [2.75, 3.05) is 25.0 Å². The lowest BCUT2D eigenvalue weighted by atomic mass is 10.0. The fourth-order valence-electron chi connectivity index (χ4n) is 3.67. The molecule has 1 aliphatic heterocycles. The van der Waals surface area contributed by atoms with E-state index in [0.717, 1.165) is 42.7 Å². The first-order valence-electron chi connectivity index (χ1n) is 9.01. The van der Waals surface area contributed by atoms with Gasteiger partial charge in [0.25, 0.3) is 5.91 Å². The second-order valence-electron chi connectivity index (χ2n) is 6.72. The van der Waals surface area contributed by atoms with Gasteiger partial charge < -0.3 is 9.80 Å². The largest absolute Gasteiger partial charge is 0.355 e. The molecule has 1 unspecified atom stereocenters. The molecule has 4 rings (SSSR count). The number of hydrogen-bond donors (Lipinski definition) is 0. The van der Waals surface area contributed by atoms with Crippen molar-refractivity contribution in [3.63, 3.8) is 0 Å². The predicted octanol–water partition coefficient (Wildman–Crippen LogP) is 3.37. The highest BCUT2D eigenvalue weighted by Crippen LogP contribution is 2.23. The molecule has 26 heavy (non-hydrogen) atoms. The Bertz CT molecular complexity index is 907. The average Bonchev–Trinajstić information content (AvgIpc) is 2.73. The molecule has 3 heterocycles. The zero-order chi connectivity index (χ0) is 17.9. The van der Waals surface area contributed by atoms with Crippen LogP contribution in [0.5, 0.6) is 0 Å². The molecule has 1 saturated heterocycles. The standard InChI is InChI=1S/C21H22N4O/c1-24(16-7-6-14-25(15-16)20-11-2-3-12-23-20)21(26)18-8-4-10-19-17(18)9-5-13-22-19/h2-5,8-13,16H,6-7,14-15H2,1H3. The van der Waals surface area contributed by atoms with Crippen molar-refractivity contribution in [1.82, 2.24) is 14.9 Å². The zero-order valence-corrected chi connectivity index (χ0v) is 14.9. The average molecular weight is 346 g/mol. The first kappa shape index (κ1) is 16.5. The van der Waals surface area contributed by atoms with Gasteiger partial charge >= 0.3 is 0 Å². The molecule has 0 N–H and O–H groups in total. The highest BCUT2D eigenvalue weighted by molar-refractivity contribution is 6.06. The van der Waals surface area contributed by atoms with Gasteiger partial charge in [0.15, 0.2) is 0 Å². The summed E-state index contributed by atoms with van der Waals surface area (Å²) in [4.78, 5) is 26.1. The van der Waals surface area contributed by atoms with E-state index in [4.69, 9.17) is 0 Å². The normalized spacial score (nSPS) is 17.3. The van der Waals surface area contributed by atoms with Crippen molar-refractivity contribution in [3.05, 3.63) is 66.5 Å². The number of fused-ring (bicyclic) bond motifs is 1. The summed E-state index contributed by atoms with van der Waals surface area (Å²) < 4.78 is 0. The summed E-state index contributed by atoms with van der Waals surface area (Å²) in [5.74, 6) is 1.03. The van der Waals surface area contributed by atoms with Crippen molar-refractivity contribution in [3.8, 4) is 0 Å². The predicted molar refractivity (Wildman–Crippen MR) is 103 cm³/mol. The minimum atomic E-state index is 0.0523. The number of amides is 1. The third-order valence-corrected chi connectivity index (χ3v) is 5.11. The van der Waals surface area contributed by atoms with E-state index in [2.05, 4.69) is 14.9 Å². The lowest BCUT2D eigenvalue weighted by molar-refractivity contribution is 0.0719. The zero-order valence-electron chi connectivity index (χ0n) is 14.9. The van der Waals surface area contributed by atoms with Crippen molar-refractivity contribution < 1.29 is 4.79 Å². The maximum absolute atomic E-state index is 13.2. The number of aromatic nitrogens is 2. The highest BCUT2D eigenvalue weighted by atomic mass is 16.2. The van der Waals surface area contributed by atoms with Crippen LogP contribution in [0.2, 0.25) is 0 Å². The molecular weight excluding hydrogens is 324 g/mol. The van der Waals surface area contributed by atoms with Gasteiger partial charge in [0.1, 0.15) is 5.82 Å². The molecular formula is C21H22N4O. The maximum Gasteiger partial charge on any atom is 0.254 e. The SMILES string of the molecule is CN(C(=O)c1cccc2ncccc12)C1CCCN(c2ccccn2)C1. The maximum atomic E-state index is 13.2. The molecule has 1 amide bonds. The van der Waals surface area contributed by atoms with Gasteiger partial charge in [-0.1, -0.05) is 18.2 Å². The Labute approximate surface area is 153 Å². The molecule has 1 atom stereocenters. The molecule has 5 nitrogen and oxygen atoms in total. The van der Waals surface area contributed by atoms with Gasteiger partial charge in [0, 0.05) is 49.5 Å². The van der Waals surface area contributed by atoms with Gasteiger partial charge in [0.2, 0.25) is 0 Å². The molecule has 5 heteroatoms. The van der Waals surface area contributed by atoms with Crippen LogP contribution in [0.3, 0.4) is 0 Å². The van der Waals surface area contributed by atoms with E-state index < -0.39 is 0 Å². The summed E-state index contributed by atoms with van der Waals surface area (Å²) in [5.41, 5.74) is 1.57. The van der Waals surface area contributed by atoms with Gasteiger partial charge in [-0.05, 0) is 43.2 Å². The molecule has 1 aromatic carbocycles. The lowest BCUT2D eigenvalue weighted by Gasteiger charge is -2.38. The van der Waals surface area contributed by atoms with Crippen LogP contribution in [0.1, 0.15) is 23.2 Å². The fraction of sp³-hybridized carbons (Fsp3) is 0.286. The van der Waals surface area contributed by atoms with Gasteiger partial charge in [0.05, 0.1) is 5.52 Å². The van der Waals surface area contributed by atoms with Crippen LogP contribution < -0.4 is 4.90 Å². The number of pyridine rings is 2. The number of piperidine rings is 1. The van der Waals surface area contributed by atoms with E-state index in [1.54, 1.807) is 6.20 Å². The summed E-state index contributed by atoms with van der Waals surface area (Å²) >= 11 is 0. The third-order valence-electron chi connectivity index (χ3n) is 5.11. The van der Waals surface area contributed by atoms with Gasteiger partial charge in [-0.15, -0.1) is 0 Å². The van der Waals surface area contributed by atoms with Crippen LogP contribution in [0.25, 0.3) is 10.9 Å². The second kappa shape index (κ2) is 7.12. The van der Waals surface area contributed by atoms with Crippen molar-refractivity contribution in [2.45, 2.75) is 18.9 Å². The van der Waals surface area contributed by atoms with E-state index in [1.807, 2.05) is 66.7 Å². The Morgan fingerprint density at radius 3 is 2.81 bits per heavy atom. The van der Waals surface area contributed by atoms with Crippen molar-refractivity contribution >= 4 is 22.6 Å². The molecule has 0 bridgehead atoms. The highest BCUT2D eigenvalue weighted by Gasteiger charge is 2.28. The molecule has 0 radical (unpaired) electrons. The van der Waals surface area contributed by atoms with E-state index in [-0.39, 0.29) is 11.9 Å². The number of likely N-dealkylation sites (N-methyl/N-ethyl adjacent to an activating group) is 1. The monoisotopic (exact) mass is 346 g/mol. The van der Waals surface area contributed by atoms with Crippen LogP contribution in [-0.4, -0.2) is 47.0 Å². The molecule has 132 valence electrons. The summed E-state index contributed by atoms with van der Waals surface area (Å²) in [7, 11) is 1.91. The minimum Gasteiger partial charge on any atom is -0.355 e. The Balaban J connectivity index is 1.56. The molecule has 1 fully saturated rings. The molecule has 0 aliphatic carbocycles. The van der Waals surface area contributed by atoms with Gasteiger partial charge in [-0.2, -0.15) is 0 Å². The van der Waals surface area contributed by atoms with Crippen molar-refractivity contribution in [1.29, 1.82) is 0 Å². The number of carbonyl (C=O) groups excluding carboxylic acids is 1. The van der Waals surface area contributed by atoms with Gasteiger partial charge in [-0.25, -0.2) is 4.98 Å². The molecule has 0 spiro atoms. The Hall–Kier alpha value is -2.95. The number of benzene rings is 1. The Morgan fingerprint density at radius 1 is 1.08 bits per heavy atom. The second-order valence-corrected chi connectivity index (χ2v) is 6.72. The molecule has 2 aromatic heterocycles. The summed E-state index contributed by atoms with van der Waals surface area (Å²) in [6.07, 6.45) is 5.63. The van der Waals surface area contributed by atoms with Crippen LogP contribution in [0, 0.1) is 0 Å². The lowest BCUT2D eigenvalue weighted by Crippen LogP contribution is -2.48. The quantitative estimate of drug-likeness (QED) is 0.730. The molecule has 3 aromatic rings. The summed E-state index contributed by atoms with van der Waals surface area (Å²) in [6, 6.07) is 15.7. The first-order chi connectivity index (χ1) is 12.7. The van der Waals surface area contributed by atoms with E-state index in [1.165, 1.54) is 0 Å². The summed E-state index contributed by atoms with van der Waals surface area (Å²) in [6.45, 7) is 1.79. The smallest absolute Gasteiger partial charge is 0.254 e. The number of hydrogen-bond acceptors (Lipinski definition) is 4. The molecule has 1 aliphatic rings. The van der Waals surface area contributed by atoms with Gasteiger partial charge in [-0.3, -0.25) is 9.78 Å². The Morgan fingerprint density at radius 2 is 1.96 bits per heavy atom.